The predicted octanol–water partition coefficient (Wildman–Crippen LogP) is 27.5. The Morgan fingerprint density at radius 3 is 1.35 bits per heavy atom. The first kappa shape index (κ1) is 60.1. The Balaban J connectivity index is 0.682. The molecule has 0 unspecified atom stereocenters. The van der Waals surface area contributed by atoms with Crippen LogP contribution in [0.15, 0.2) is 385 Å². The number of rotatable bonds is 13. The molecule has 0 saturated heterocycles. The second-order valence-corrected chi connectivity index (χ2v) is 26.7. The maximum Gasteiger partial charge on any atom is 0.227 e. The van der Waals surface area contributed by atoms with Gasteiger partial charge in [-0.25, -0.2) is 9.97 Å². The molecule has 20 rings (SSSR count). The van der Waals surface area contributed by atoms with E-state index in [9.17, 15) is 0 Å². The Labute approximate surface area is 600 Å². The Hall–Kier alpha value is -13.9. The Morgan fingerprint density at radius 1 is 0.221 bits per heavy atom. The van der Waals surface area contributed by atoms with Crippen molar-refractivity contribution in [2.75, 3.05) is 9.80 Å². The van der Waals surface area contributed by atoms with Gasteiger partial charge in [0.2, 0.25) is 11.8 Å². The summed E-state index contributed by atoms with van der Waals surface area (Å²) in [5.41, 5.74) is 22.3. The molecule has 0 aliphatic heterocycles. The van der Waals surface area contributed by atoms with Gasteiger partial charge in [-0.05, 0) is 219 Å². The molecule has 6 nitrogen and oxygen atoms in total. The molecule has 18 aromatic carbocycles. The van der Waals surface area contributed by atoms with E-state index in [0.29, 0.717) is 11.8 Å². The van der Waals surface area contributed by atoms with E-state index < -0.39 is 0 Å². The maximum atomic E-state index is 6.82. The van der Waals surface area contributed by atoms with Gasteiger partial charge in [0, 0.05) is 39.1 Å². The zero-order valence-electron chi connectivity index (χ0n) is 56.4. The van der Waals surface area contributed by atoms with Crippen LogP contribution in [0.5, 0.6) is 0 Å². The van der Waals surface area contributed by atoms with Gasteiger partial charge in [0.15, 0.2) is 11.2 Å². The molecule has 6 heteroatoms. The molecule has 0 atom stereocenters. The third-order valence-corrected chi connectivity index (χ3v) is 20.6. The van der Waals surface area contributed by atoms with Crippen LogP contribution >= 0.6 is 0 Å². The van der Waals surface area contributed by atoms with Crippen LogP contribution in [0, 0.1) is 0 Å². The van der Waals surface area contributed by atoms with Gasteiger partial charge in [-0.1, -0.05) is 261 Å². The van der Waals surface area contributed by atoms with Gasteiger partial charge in [0.05, 0.1) is 22.4 Å². The van der Waals surface area contributed by atoms with E-state index >= 15 is 0 Å². The zero-order valence-corrected chi connectivity index (χ0v) is 56.4. The number of para-hydroxylation sites is 1. The molecule has 20 aromatic rings. The molecule has 0 aliphatic rings. The minimum atomic E-state index is 0.588. The average molecular weight is 1330 g/mol. The van der Waals surface area contributed by atoms with E-state index in [4.69, 9.17) is 18.8 Å². The van der Waals surface area contributed by atoms with Gasteiger partial charge in [-0.15, -0.1) is 0 Å². The smallest absolute Gasteiger partial charge is 0.227 e. The van der Waals surface area contributed by atoms with Gasteiger partial charge in [0.1, 0.15) is 11.0 Å². The SMILES string of the molecule is c1ccc(-c2nc3c(ccc4cccc(N(c5ccc(-c6cc7ccccc7c7ccccc67)cc5)c5cccc(-c6cccc(-c7ccc8c(c7)cc(-c7ccc(N(c9ccccc9-c9ccccc9)c9cccc%10ccc%11nc(-c%12ccccc%12)oc%11c9%10)cc7)c7ccccc78)c6)c5)c43)o2)cc1. The highest BCUT2D eigenvalue weighted by atomic mass is 16.4. The van der Waals surface area contributed by atoms with E-state index in [1.807, 2.05) is 66.7 Å². The Kier molecular flexibility index (Phi) is 14.5. The zero-order chi connectivity index (χ0) is 68.6. The fourth-order valence-electron chi connectivity index (χ4n) is 15.7. The summed E-state index contributed by atoms with van der Waals surface area (Å²) in [5.74, 6) is 1.18. The maximum absolute atomic E-state index is 6.82. The molecule has 0 amide bonds. The van der Waals surface area contributed by atoms with Crippen LogP contribution < -0.4 is 9.80 Å². The van der Waals surface area contributed by atoms with Crippen molar-refractivity contribution < 1.29 is 8.83 Å². The Bertz CT molecular complexity index is 6720. The summed E-state index contributed by atoms with van der Waals surface area (Å²) in [6.45, 7) is 0. The number of anilines is 6. The van der Waals surface area contributed by atoms with Crippen LogP contribution in [-0.2, 0) is 0 Å². The number of fused-ring (bicyclic) bond motifs is 12. The molecular formula is C98H62N4O2. The van der Waals surface area contributed by atoms with Gasteiger partial charge in [0.25, 0.3) is 0 Å². The van der Waals surface area contributed by atoms with Crippen molar-refractivity contribution in [1.82, 2.24) is 9.97 Å². The molecule has 2 heterocycles. The number of hydrogen-bond donors (Lipinski definition) is 0. The number of nitrogens with zero attached hydrogens (tertiary/aromatic N) is 4. The third kappa shape index (κ3) is 10.4. The summed E-state index contributed by atoms with van der Waals surface area (Å²) in [6, 6.07) is 135. The standard InChI is InChI=1S/C98H62N4O2/c1-4-22-63(23-5-1)81-36-16-17-41-89(81)102(91-43-21-30-67-49-56-88-96(94(67)91)104-97(99-88)68-24-6-2-7-25-68)77-53-46-65(47-54-77)87-62-75-59-73(48-55-80(75)83-38-13-15-40-85(83)87)71-32-18-31-70(58-71)72-33-19-34-78(60-72)101(90-42-20-29-66-50-57-92-95(93(66)90)100-98(103-92)69-26-8-3-9-27-69)76-51-44-64(45-52-76)86-61-74-28-10-11-35-79(74)82-37-12-14-39-84(82)86/h1-62H. The first-order chi connectivity index (χ1) is 51.5. The van der Waals surface area contributed by atoms with Crippen LogP contribution in [0.4, 0.5) is 34.1 Å². The molecular weight excluding hydrogens is 1270 g/mol. The lowest BCUT2D eigenvalue weighted by Gasteiger charge is -2.29. The summed E-state index contributed by atoms with van der Waals surface area (Å²) in [6.07, 6.45) is 0. The summed E-state index contributed by atoms with van der Waals surface area (Å²) < 4.78 is 13.4. The van der Waals surface area contributed by atoms with E-state index in [-0.39, 0.29) is 0 Å². The lowest BCUT2D eigenvalue weighted by atomic mass is 9.91. The van der Waals surface area contributed by atoms with Gasteiger partial charge in [-0.3, -0.25) is 0 Å². The number of aromatic nitrogens is 2. The molecule has 0 fully saturated rings. The third-order valence-electron chi connectivity index (χ3n) is 20.6. The number of hydrogen-bond acceptors (Lipinski definition) is 6. The highest BCUT2D eigenvalue weighted by molar-refractivity contribution is 6.18. The highest BCUT2D eigenvalue weighted by Gasteiger charge is 2.25. The molecule has 0 spiro atoms. The summed E-state index contributed by atoms with van der Waals surface area (Å²) in [5, 5.41) is 13.8. The molecule has 0 aliphatic carbocycles. The minimum absolute atomic E-state index is 0.588. The van der Waals surface area contributed by atoms with Gasteiger partial charge in [-0.2, -0.15) is 0 Å². The molecule has 0 radical (unpaired) electrons. The van der Waals surface area contributed by atoms with Crippen LogP contribution in [0.25, 0.3) is 165 Å². The molecule has 2 aromatic heterocycles. The second-order valence-electron chi connectivity index (χ2n) is 26.7. The van der Waals surface area contributed by atoms with Crippen LogP contribution in [0.1, 0.15) is 0 Å². The van der Waals surface area contributed by atoms with Crippen LogP contribution in [-0.4, -0.2) is 9.97 Å². The topological polar surface area (TPSA) is 58.5 Å². The number of oxazole rings is 2. The molecule has 104 heavy (non-hydrogen) atoms. The highest BCUT2D eigenvalue weighted by Crippen LogP contribution is 2.49. The van der Waals surface area contributed by atoms with Crippen molar-refractivity contribution in [3.8, 4) is 78.5 Å². The average Bonchev–Trinajstić information content (AvgIpc) is 1.29. The fraction of sp³-hybridized carbons (Fsp3) is 0. The lowest BCUT2D eigenvalue weighted by molar-refractivity contribution is 0.620. The quantitative estimate of drug-likeness (QED) is 0.107. The predicted molar refractivity (Wildman–Crippen MR) is 434 cm³/mol. The van der Waals surface area contributed by atoms with Crippen molar-refractivity contribution in [3.63, 3.8) is 0 Å². The second kappa shape index (κ2) is 25.0. The number of benzene rings is 18. The molecule has 486 valence electrons. The van der Waals surface area contributed by atoms with E-state index in [0.717, 1.165) is 144 Å². The van der Waals surface area contributed by atoms with Crippen molar-refractivity contribution in [2.45, 2.75) is 0 Å². The largest absolute Gasteiger partial charge is 0.436 e. The van der Waals surface area contributed by atoms with Gasteiger partial charge < -0.3 is 18.6 Å². The minimum Gasteiger partial charge on any atom is -0.436 e. The monoisotopic (exact) mass is 1330 g/mol. The van der Waals surface area contributed by atoms with Crippen LogP contribution in [0.3, 0.4) is 0 Å². The lowest BCUT2D eigenvalue weighted by Crippen LogP contribution is -2.11. The van der Waals surface area contributed by atoms with Crippen LogP contribution in [0.2, 0.25) is 0 Å². The van der Waals surface area contributed by atoms with E-state index in [1.54, 1.807) is 0 Å². The van der Waals surface area contributed by atoms with Crippen molar-refractivity contribution in [1.29, 1.82) is 0 Å². The van der Waals surface area contributed by atoms with Crippen molar-refractivity contribution in [3.05, 3.63) is 376 Å². The first-order valence-electron chi connectivity index (χ1n) is 35.3. The van der Waals surface area contributed by atoms with Crippen molar-refractivity contribution >= 4 is 121 Å². The van der Waals surface area contributed by atoms with Gasteiger partial charge >= 0.3 is 0 Å². The fourth-order valence-corrected chi connectivity index (χ4v) is 15.7. The first-order valence-corrected chi connectivity index (χ1v) is 35.3. The molecule has 0 N–H and O–H groups in total. The summed E-state index contributed by atoms with van der Waals surface area (Å²) in [7, 11) is 0. The molecule has 0 bridgehead atoms. The van der Waals surface area contributed by atoms with E-state index in [2.05, 4.69) is 319 Å². The van der Waals surface area contributed by atoms with E-state index in [1.165, 1.54) is 43.3 Å². The normalized spacial score (nSPS) is 11.7. The van der Waals surface area contributed by atoms with Crippen molar-refractivity contribution in [2.24, 2.45) is 0 Å². The summed E-state index contributed by atoms with van der Waals surface area (Å²) in [4.78, 5) is 15.1. The summed E-state index contributed by atoms with van der Waals surface area (Å²) >= 11 is 0. The molecule has 0 saturated carbocycles. The Morgan fingerprint density at radius 2 is 0.673 bits per heavy atom.